The zero-order valence-electron chi connectivity index (χ0n) is 13.3. The molecule has 1 aliphatic heterocycles. The summed E-state index contributed by atoms with van der Waals surface area (Å²) in [6.07, 6.45) is -4.05. The molecule has 1 heterocycles. The van der Waals surface area contributed by atoms with Crippen molar-refractivity contribution in [3.8, 4) is 0 Å². The molecular weight excluding hydrogens is 333 g/mol. The highest BCUT2D eigenvalue weighted by atomic mass is 19.4. The van der Waals surface area contributed by atoms with Gasteiger partial charge in [0.25, 0.3) is 5.91 Å². The number of carbonyl (C=O) groups is 1. The molecule has 2 aromatic carbocycles. The number of hydrogen-bond donors (Lipinski definition) is 2. The van der Waals surface area contributed by atoms with Crippen LogP contribution in [0.5, 0.6) is 0 Å². The Bertz CT molecular complexity index is 807. The van der Waals surface area contributed by atoms with Crippen molar-refractivity contribution in [2.45, 2.75) is 18.2 Å². The molecule has 0 fully saturated rings. The molecule has 0 aromatic heterocycles. The second-order valence-electron chi connectivity index (χ2n) is 5.91. The molecule has 25 heavy (non-hydrogen) atoms. The number of hydrogen-bond acceptors (Lipinski definition) is 3. The molecule has 0 saturated heterocycles. The summed E-state index contributed by atoms with van der Waals surface area (Å²) in [7, 11) is 0. The minimum atomic E-state index is -4.56. The molecule has 1 aliphatic rings. The molecule has 4 nitrogen and oxygen atoms in total. The van der Waals surface area contributed by atoms with Gasteiger partial charge in [0.2, 0.25) is 0 Å². The Labute approximate surface area is 142 Å². The molecule has 0 spiro atoms. The molecule has 0 saturated carbocycles. The summed E-state index contributed by atoms with van der Waals surface area (Å²) in [6.45, 7) is 0.640. The van der Waals surface area contributed by atoms with Crippen LogP contribution in [-0.2, 0) is 16.6 Å². The van der Waals surface area contributed by atoms with E-state index in [1.165, 1.54) is 17.0 Å². The number of nitrogens with zero attached hydrogens (tertiary/aromatic N) is 1. The van der Waals surface area contributed by atoms with Gasteiger partial charge < -0.3 is 15.7 Å². The Hall–Kier alpha value is -2.38. The lowest BCUT2D eigenvalue weighted by Crippen LogP contribution is -2.42. The maximum atomic E-state index is 13.0. The first-order valence-corrected chi connectivity index (χ1v) is 7.82. The fraction of sp³-hybridized carbons (Fsp3) is 0.278. The van der Waals surface area contributed by atoms with Gasteiger partial charge in [-0.15, -0.1) is 0 Å². The van der Waals surface area contributed by atoms with Gasteiger partial charge in [-0.25, -0.2) is 0 Å². The number of nitrogens with two attached hydrogens (primary N) is 1. The normalized spacial score (nSPS) is 20.0. The molecule has 0 radical (unpaired) electrons. The van der Waals surface area contributed by atoms with Gasteiger partial charge in [0.1, 0.15) is 0 Å². The van der Waals surface area contributed by atoms with Crippen LogP contribution in [0.3, 0.4) is 0 Å². The molecule has 1 unspecified atom stereocenters. The first-order chi connectivity index (χ1) is 11.8. The highest BCUT2D eigenvalue weighted by molar-refractivity contribution is 6.09. The Balaban J connectivity index is 2.13. The number of halogens is 3. The van der Waals surface area contributed by atoms with Crippen molar-refractivity contribution in [1.82, 2.24) is 0 Å². The minimum absolute atomic E-state index is 0.102. The van der Waals surface area contributed by atoms with E-state index in [1.807, 2.05) is 0 Å². The van der Waals surface area contributed by atoms with Crippen molar-refractivity contribution in [2.75, 3.05) is 18.0 Å². The van der Waals surface area contributed by atoms with Crippen LogP contribution in [-0.4, -0.2) is 24.1 Å². The Morgan fingerprint density at radius 1 is 1.12 bits per heavy atom. The van der Waals surface area contributed by atoms with Crippen LogP contribution in [0.1, 0.15) is 23.1 Å². The maximum absolute atomic E-state index is 13.0. The van der Waals surface area contributed by atoms with Crippen molar-refractivity contribution in [3.05, 3.63) is 65.2 Å². The Morgan fingerprint density at radius 3 is 2.52 bits per heavy atom. The van der Waals surface area contributed by atoms with Gasteiger partial charge in [0.15, 0.2) is 5.60 Å². The quantitative estimate of drug-likeness (QED) is 0.891. The number of amides is 1. The average Bonchev–Trinajstić information content (AvgIpc) is 2.82. The predicted octanol–water partition coefficient (Wildman–Crippen LogP) is 2.64. The third kappa shape index (κ3) is 2.79. The third-order valence-electron chi connectivity index (χ3n) is 4.33. The standard InChI is InChI=1S/C18H17F3N2O2/c19-18(20,21)13-6-3-5-12(11-13)17(25)14-7-1-2-8-15(14)23(16(17)24)10-4-9-22/h1-3,5-8,11,25H,4,9-10,22H2. The summed E-state index contributed by atoms with van der Waals surface area (Å²) in [5.74, 6) is -0.665. The molecule has 2 aromatic rings. The fourth-order valence-electron chi connectivity index (χ4n) is 3.11. The number of aliphatic hydroxyl groups is 1. The van der Waals surface area contributed by atoms with E-state index in [4.69, 9.17) is 5.73 Å². The first kappa shape index (κ1) is 17.4. The second-order valence-corrected chi connectivity index (χ2v) is 5.91. The molecule has 0 aliphatic carbocycles. The number of benzene rings is 2. The Morgan fingerprint density at radius 2 is 1.84 bits per heavy atom. The molecular formula is C18H17F3N2O2. The number of anilines is 1. The first-order valence-electron chi connectivity index (χ1n) is 7.82. The van der Waals surface area contributed by atoms with Crippen LogP contribution in [0.4, 0.5) is 18.9 Å². The largest absolute Gasteiger partial charge is 0.416 e. The second kappa shape index (κ2) is 6.16. The van der Waals surface area contributed by atoms with Crippen LogP contribution in [0.2, 0.25) is 0 Å². The molecule has 1 atom stereocenters. The van der Waals surface area contributed by atoms with Gasteiger partial charge in [-0.2, -0.15) is 13.2 Å². The van der Waals surface area contributed by atoms with Gasteiger partial charge in [-0.1, -0.05) is 30.3 Å². The van der Waals surface area contributed by atoms with Gasteiger partial charge in [0.05, 0.1) is 11.3 Å². The van der Waals surface area contributed by atoms with E-state index < -0.39 is 23.2 Å². The van der Waals surface area contributed by atoms with E-state index in [0.717, 1.165) is 12.1 Å². The van der Waals surface area contributed by atoms with Gasteiger partial charge in [-0.05, 0) is 36.7 Å². The van der Waals surface area contributed by atoms with Crippen LogP contribution >= 0.6 is 0 Å². The van der Waals surface area contributed by atoms with Gasteiger partial charge in [0, 0.05) is 12.1 Å². The summed E-state index contributed by atoms with van der Waals surface area (Å²) in [6, 6.07) is 10.8. The highest BCUT2D eigenvalue weighted by Gasteiger charge is 2.51. The molecule has 3 rings (SSSR count). The molecule has 1 amide bonds. The minimum Gasteiger partial charge on any atom is -0.372 e. The van der Waals surface area contributed by atoms with E-state index in [0.29, 0.717) is 18.7 Å². The number of alkyl halides is 3. The molecule has 0 bridgehead atoms. The van der Waals surface area contributed by atoms with Gasteiger partial charge in [-0.3, -0.25) is 4.79 Å². The van der Waals surface area contributed by atoms with Crippen molar-refractivity contribution < 1.29 is 23.1 Å². The summed E-state index contributed by atoms with van der Waals surface area (Å²) in [4.78, 5) is 14.3. The van der Waals surface area contributed by atoms with E-state index in [2.05, 4.69) is 0 Å². The lowest BCUT2D eigenvalue weighted by molar-refractivity contribution is -0.138. The highest BCUT2D eigenvalue weighted by Crippen LogP contribution is 2.45. The fourth-order valence-corrected chi connectivity index (χ4v) is 3.11. The zero-order valence-corrected chi connectivity index (χ0v) is 13.3. The van der Waals surface area contributed by atoms with Gasteiger partial charge >= 0.3 is 6.18 Å². The van der Waals surface area contributed by atoms with Crippen molar-refractivity contribution in [3.63, 3.8) is 0 Å². The lowest BCUT2D eigenvalue weighted by Gasteiger charge is -2.24. The van der Waals surface area contributed by atoms with Crippen LogP contribution < -0.4 is 10.6 Å². The summed E-state index contributed by atoms with van der Waals surface area (Å²) < 4.78 is 39.1. The summed E-state index contributed by atoms with van der Waals surface area (Å²) >= 11 is 0. The number of fused-ring (bicyclic) bond motifs is 1. The number of carbonyl (C=O) groups excluding carboxylic acids is 1. The monoisotopic (exact) mass is 350 g/mol. The maximum Gasteiger partial charge on any atom is 0.416 e. The van der Waals surface area contributed by atoms with E-state index >= 15 is 0 Å². The predicted molar refractivity (Wildman–Crippen MR) is 86.9 cm³/mol. The topological polar surface area (TPSA) is 66.6 Å². The van der Waals surface area contributed by atoms with Crippen LogP contribution in [0.15, 0.2) is 48.5 Å². The number of rotatable bonds is 4. The van der Waals surface area contributed by atoms with Crippen LogP contribution in [0.25, 0.3) is 0 Å². The summed E-state index contributed by atoms with van der Waals surface area (Å²) in [5, 5.41) is 11.2. The van der Waals surface area contributed by atoms with Crippen molar-refractivity contribution in [1.29, 1.82) is 0 Å². The lowest BCUT2D eigenvalue weighted by atomic mass is 9.86. The SMILES string of the molecule is NCCCN1C(=O)C(O)(c2cccc(C(F)(F)F)c2)c2ccccc21. The van der Waals surface area contributed by atoms with E-state index in [9.17, 15) is 23.1 Å². The molecule has 132 valence electrons. The van der Waals surface area contributed by atoms with E-state index in [-0.39, 0.29) is 17.7 Å². The van der Waals surface area contributed by atoms with Crippen LogP contribution in [0, 0.1) is 0 Å². The zero-order chi connectivity index (χ0) is 18.2. The molecule has 7 heteroatoms. The van der Waals surface area contributed by atoms with Crippen molar-refractivity contribution >= 4 is 11.6 Å². The van der Waals surface area contributed by atoms with E-state index in [1.54, 1.807) is 24.3 Å². The average molecular weight is 350 g/mol. The Kier molecular flexibility index (Phi) is 4.30. The summed E-state index contributed by atoms with van der Waals surface area (Å²) in [5.41, 5.74) is 3.09. The third-order valence-corrected chi connectivity index (χ3v) is 4.33. The van der Waals surface area contributed by atoms with Crippen molar-refractivity contribution in [2.24, 2.45) is 5.73 Å². The smallest absolute Gasteiger partial charge is 0.372 e. The molecule has 3 N–H and O–H groups in total. The number of para-hydroxylation sites is 1.